The Morgan fingerprint density at radius 1 is 1.03 bits per heavy atom. The van der Waals surface area contributed by atoms with Crippen molar-refractivity contribution in [3.05, 3.63) is 93.8 Å². The van der Waals surface area contributed by atoms with Crippen molar-refractivity contribution in [2.45, 2.75) is 58.5 Å². The first kappa shape index (κ1) is 21.1. The minimum Gasteiger partial charge on any atom is -0.456 e. The second kappa shape index (κ2) is 8.18. The molecule has 1 aliphatic carbocycles. The van der Waals surface area contributed by atoms with Gasteiger partial charge in [0, 0.05) is 17.7 Å². The number of esters is 1. The smallest absolute Gasteiger partial charge is 0.355 e. The lowest BCUT2D eigenvalue weighted by Gasteiger charge is -2.24. The molecule has 4 nitrogen and oxygen atoms in total. The molecule has 0 fully saturated rings. The van der Waals surface area contributed by atoms with Crippen LogP contribution in [0.2, 0.25) is 0 Å². The molecule has 160 valence electrons. The van der Waals surface area contributed by atoms with Crippen LogP contribution in [0.4, 0.5) is 0 Å². The average Bonchev–Trinajstić information content (AvgIpc) is 3.09. The molecule has 2 aromatic carbocycles. The molecule has 4 heteroatoms. The number of carbonyl (C=O) groups excluding carboxylic acids is 2. The Morgan fingerprint density at radius 2 is 1.71 bits per heavy atom. The number of ether oxygens (including phenoxy) is 1. The lowest BCUT2D eigenvalue weighted by molar-refractivity contribution is 0.0465. The van der Waals surface area contributed by atoms with Crippen LogP contribution in [-0.2, 0) is 23.2 Å². The fraction of sp³-hybridized carbons (Fsp3) is 0.333. The number of benzene rings is 2. The van der Waals surface area contributed by atoms with Gasteiger partial charge in [0.25, 0.3) is 0 Å². The molecule has 0 spiro atoms. The third-order valence-electron chi connectivity index (χ3n) is 6.15. The Kier molecular flexibility index (Phi) is 5.57. The van der Waals surface area contributed by atoms with Gasteiger partial charge in [-0.2, -0.15) is 0 Å². The summed E-state index contributed by atoms with van der Waals surface area (Å²) in [5, 5.41) is 0. The van der Waals surface area contributed by atoms with Crippen molar-refractivity contribution in [1.82, 2.24) is 4.98 Å². The summed E-state index contributed by atoms with van der Waals surface area (Å²) in [5.74, 6) is -0.225. The number of aromatic amines is 1. The molecule has 1 N–H and O–H groups in total. The highest BCUT2D eigenvalue weighted by Gasteiger charge is 2.32. The van der Waals surface area contributed by atoms with E-state index in [2.05, 4.69) is 50.0 Å². The number of aromatic nitrogens is 1. The van der Waals surface area contributed by atoms with Gasteiger partial charge >= 0.3 is 5.97 Å². The van der Waals surface area contributed by atoms with E-state index in [-0.39, 0.29) is 23.7 Å². The highest BCUT2D eigenvalue weighted by molar-refractivity contribution is 6.03. The number of nitrogens with one attached hydrogen (secondary N) is 1. The van der Waals surface area contributed by atoms with Crippen molar-refractivity contribution in [1.29, 1.82) is 0 Å². The van der Waals surface area contributed by atoms with Crippen LogP contribution in [0, 0.1) is 6.92 Å². The van der Waals surface area contributed by atoms with Crippen LogP contribution < -0.4 is 0 Å². The van der Waals surface area contributed by atoms with Crippen molar-refractivity contribution in [3.8, 4) is 0 Å². The number of fused-ring (bicyclic) bond motifs is 1. The summed E-state index contributed by atoms with van der Waals surface area (Å²) in [5.41, 5.74) is 6.04. The van der Waals surface area contributed by atoms with Gasteiger partial charge in [0.1, 0.15) is 12.3 Å². The van der Waals surface area contributed by atoms with Crippen molar-refractivity contribution >= 4 is 11.8 Å². The maximum Gasteiger partial charge on any atom is 0.355 e. The van der Waals surface area contributed by atoms with Gasteiger partial charge in [-0.3, -0.25) is 4.79 Å². The molecule has 3 aromatic rings. The molecule has 0 aliphatic heterocycles. The topological polar surface area (TPSA) is 59.2 Å². The zero-order chi connectivity index (χ0) is 22.2. The number of rotatable bonds is 4. The molecule has 0 unspecified atom stereocenters. The van der Waals surface area contributed by atoms with Gasteiger partial charge in [-0.1, -0.05) is 75.4 Å². The third kappa shape index (κ3) is 4.34. The van der Waals surface area contributed by atoms with Gasteiger partial charge in [-0.15, -0.1) is 0 Å². The molecule has 1 aliphatic rings. The van der Waals surface area contributed by atoms with Crippen molar-refractivity contribution in [2.24, 2.45) is 0 Å². The Balaban J connectivity index is 1.53. The van der Waals surface area contributed by atoms with Crippen molar-refractivity contribution in [3.63, 3.8) is 0 Å². The van der Waals surface area contributed by atoms with Crippen molar-refractivity contribution in [2.75, 3.05) is 0 Å². The minimum atomic E-state index is -0.422. The quantitative estimate of drug-likeness (QED) is 0.541. The molecule has 1 atom stereocenters. The highest BCUT2D eigenvalue weighted by atomic mass is 16.5. The fourth-order valence-electron chi connectivity index (χ4n) is 4.32. The van der Waals surface area contributed by atoms with Gasteiger partial charge in [-0.25, -0.2) is 4.79 Å². The molecule has 0 saturated heterocycles. The maximum absolute atomic E-state index is 13.0. The van der Waals surface area contributed by atoms with Crippen LogP contribution in [0.3, 0.4) is 0 Å². The molecule has 1 heterocycles. The van der Waals surface area contributed by atoms with Gasteiger partial charge in [0.05, 0.1) is 0 Å². The van der Waals surface area contributed by atoms with Crippen molar-refractivity contribution < 1.29 is 14.3 Å². The summed E-state index contributed by atoms with van der Waals surface area (Å²) in [7, 11) is 0. The first-order valence-electron chi connectivity index (χ1n) is 10.8. The second-order valence-corrected chi connectivity index (χ2v) is 9.44. The second-order valence-electron chi connectivity index (χ2n) is 9.44. The summed E-state index contributed by atoms with van der Waals surface area (Å²) in [6.45, 7) is 8.61. The molecule has 0 amide bonds. The summed E-state index contributed by atoms with van der Waals surface area (Å²) >= 11 is 0. The largest absolute Gasteiger partial charge is 0.456 e. The number of ketones is 1. The number of hydrogen-bond donors (Lipinski definition) is 1. The van der Waals surface area contributed by atoms with Crippen LogP contribution >= 0.6 is 0 Å². The van der Waals surface area contributed by atoms with E-state index in [1.807, 2.05) is 37.3 Å². The lowest BCUT2D eigenvalue weighted by Crippen LogP contribution is -2.19. The van der Waals surface area contributed by atoms with Gasteiger partial charge < -0.3 is 9.72 Å². The van der Waals surface area contributed by atoms with E-state index < -0.39 is 5.97 Å². The zero-order valence-electron chi connectivity index (χ0n) is 18.6. The van der Waals surface area contributed by atoms with Crippen LogP contribution in [-0.4, -0.2) is 16.7 Å². The average molecular weight is 416 g/mol. The van der Waals surface area contributed by atoms with E-state index in [4.69, 9.17) is 4.74 Å². The van der Waals surface area contributed by atoms with E-state index in [1.54, 1.807) is 0 Å². The lowest BCUT2D eigenvalue weighted by atomic mass is 9.80. The number of Topliss-reactive ketones (excluding diaryl/α,β-unsaturated/α-hetero) is 1. The molecule has 0 bridgehead atoms. The summed E-state index contributed by atoms with van der Waals surface area (Å²) < 4.78 is 5.48. The standard InChI is InChI=1S/C27H29NO3/c1-17-24-22(28-25(17)26(30)31-16-18-8-6-5-7-9-18)14-20(15-23(24)29)19-10-12-21(13-11-19)27(2,3)4/h5-13,20,28H,14-16H2,1-4H3/t20-/m0/s1. The molecule has 1 aromatic heterocycles. The van der Waals surface area contributed by atoms with Gasteiger partial charge in [0.2, 0.25) is 0 Å². The Labute approximate surface area is 183 Å². The molecule has 4 rings (SSSR count). The minimum absolute atomic E-state index is 0.0852. The Hall–Kier alpha value is -3.14. The van der Waals surface area contributed by atoms with Gasteiger partial charge in [0.15, 0.2) is 5.78 Å². The monoisotopic (exact) mass is 415 g/mol. The predicted molar refractivity (Wildman–Crippen MR) is 122 cm³/mol. The first-order valence-corrected chi connectivity index (χ1v) is 10.8. The van der Waals surface area contributed by atoms with E-state index in [9.17, 15) is 9.59 Å². The molecule has 0 saturated carbocycles. The summed E-state index contributed by atoms with van der Waals surface area (Å²) in [4.78, 5) is 28.8. The molecular formula is C27H29NO3. The fourth-order valence-corrected chi connectivity index (χ4v) is 4.32. The number of H-pyrrole nitrogens is 1. The number of hydrogen-bond acceptors (Lipinski definition) is 3. The Bertz CT molecular complexity index is 1100. The van der Waals surface area contributed by atoms with Crippen LogP contribution in [0.15, 0.2) is 54.6 Å². The molecule has 0 radical (unpaired) electrons. The van der Waals surface area contributed by atoms with Crippen LogP contribution in [0.25, 0.3) is 0 Å². The summed E-state index contributed by atoms with van der Waals surface area (Å²) in [6, 6.07) is 18.2. The van der Waals surface area contributed by atoms with E-state index in [0.29, 0.717) is 29.7 Å². The van der Waals surface area contributed by atoms with Crippen LogP contribution in [0.5, 0.6) is 0 Å². The number of carbonyl (C=O) groups is 2. The maximum atomic E-state index is 13.0. The normalized spacial score (nSPS) is 16.1. The SMILES string of the molecule is Cc1c(C(=O)OCc2ccccc2)[nH]c2c1C(=O)C[C@@H](c1ccc(C(C)(C)C)cc1)C2. The zero-order valence-corrected chi connectivity index (χ0v) is 18.6. The highest BCUT2D eigenvalue weighted by Crippen LogP contribution is 2.36. The van der Waals surface area contributed by atoms with E-state index in [0.717, 1.165) is 16.8 Å². The third-order valence-corrected chi connectivity index (χ3v) is 6.15. The van der Waals surface area contributed by atoms with Gasteiger partial charge in [-0.05, 0) is 46.9 Å². The van der Waals surface area contributed by atoms with E-state index in [1.165, 1.54) is 5.56 Å². The Morgan fingerprint density at radius 3 is 2.35 bits per heavy atom. The molecular weight excluding hydrogens is 386 g/mol. The van der Waals surface area contributed by atoms with Crippen LogP contribution in [0.1, 0.15) is 81.9 Å². The molecule has 31 heavy (non-hydrogen) atoms. The summed E-state index contributed by atoms with van der Waals surface area (Å²) in [6.07, 6.45) is 1.17. The van der Waals surface area contributed by atoms with E-state index >= 15 is 0 Å². The first-order chi connectivity index (χ1) is 14.7. The predicted octanol–water partition coefficient (Wildman–Crippen LogP) is 5.89.